The molecule has 0 atom stereocenters. The van der Waals surface area contributed by atoms with Gasteiger partial charge in [0.15, 0.2) is 22.9 Å². The molecule has 0 spiro atoms. The van der Waals surface area contributed by atoms with Gasteiger partial charge in [-0.3, -0.25) is 19.6 Å². The second kappa shape index (κ2) is 12.9. The lowest BCUT2D eigenvalue weighted by Crippen LogP contribution is -2.15. The molecule has 0 bridgehead atoms. The van der Waals surface area contributed by atoms with E-state index in [9.17, 15) is 9.59 Å². The predicted octanol–water partition coefficient (Wildman–Crippen LogP) is 4.39. The molecule has 1 N–H and O–H groups in total. The van der Waals surface area contributed by atoms with Crippen LogP contribution in [0, 0.1) is 0 Å². The van der Waals surface area contributed by atoms with Crippen LogP contribution in [0.15, 0.2) is 67.4 Å². The first-order valence-corrected chi connectivity index (χ1v) is 13.1. The fraction of sp³-hybridized carbons (Fsp3) is 0.200. The number of fused-ring (bicyclic) bond motifs is 1. The number of ether oxygens (including phenoxy) is 5. The maximum absolute atomic E-state index is 13.2. The van der Waals surface area contributed by atoms with Crippen LogP contribution in [0.25, 0.3) is 16.6 Å². The number of benzene rings is 1. The van der Waals surface area contributed by atoms with Crippen molar-refractivity contribution in [2.75, 3.05) is 33.3 Å². The summed E-state index contributed by atoms with van der Waals surface area (Å²) in [5, 5.41) is 7.88. The number of hydrogen-bond acceptors (Lipinski definition) is 11. The van der Waals surface area contributed by atoms with Gasteiger partial charge in [-0.15, -0.1) is 0 Å². The number of nitrogens with one attached hydrogen (secondary N) is 1. The Kier molecular flexibility index (Phi) is 8.61. The van der Waals surface area contributed by atoms with Crippen LogP contribution >= 0.6 is 0 Å². The maximum atomic E-state index is 13.2. The Morgan fingerprint density at radius 2 is 1.72 bits per heavy atom. The van der Waals surface area contributed by atoms with E-state index in [2.05, 4.69) is 25.4 Å². The molecule has 0 aliphatic heterocycles. The van der Waals surface area contributed by atoms with Gasteiger partial charge < -0.3 is 29.0 Å². The highest BCUT2D eigenvalue weighted by atomic mass is 16.5. The number of rotatable bonds is 11. The first-order chi connectivity index (χ1) is 20.9. The average molecular weight is 585 g/mol. The summed E-state index contributed by atoms with van der Waals surface area (Å²) in [6.45, 7) is 2.10. The molecule has 0 saturated carbocycles. The summed E-state index contributed by atoms with van der Waals surface area (Å²) in [6.07, 6.45) is 7.79. The van der Waals surface area contributed by atoms with Gasteiger partial charge in [0.2, 0.25) is 0 Å². The Morgan fingerprint density at radius 3 is 2.44 bits per heavy atom. The van der Waals surface area contributed by atoms with E-state index in [0.717, 1.165) is 5.39 Å². The lowest BCUT2D eigenvalue weighted by Gasteiger charge is -2.12. The number of esters is 1. The average Bonchev–Trinajstić information content (AvgIpc) is 3.45. The number of pyridine rings is 3. The molecule has 0 unspecified atom stereocenters. The Bertz CT molecular complexity index is 1770. The lowest BCUT2D eigenvalue weighted by molar-refractivity contribution is -0.139. The van der Waals surface area contributed by atoms with Gasteiger partial charge >= 0.3 is 5.97 Å². The molecule has 43 heavy (non-hydrogen) atoms. The highest BCUT2D eigenvalue weighted by Gasteiger charge is 2.21. The minimum atomic E-state index is -0.539. The highest BCUT2D eigenvalue weighted by molar-refractivity contribution is 6.04. The Labute approximate surface area is 246 Å². The van der Waals surface area contributed by atoms with Gasteiger partial charge in [-0.1, -0.05) is 0 Å². The highest BCUT2D eigenvalue weighted by Crippen LogP contribution is 2.36. The van der Waals surface area contributed by atoms with E-state index in [1.54, 1.807) is 82.3 Å². The Balaban J connectivity index is 1.35. The summed E-state index contributed by atoms with van der Waals surface area (Å²) in [6, 6.07) is 10.2. The number of nitrogens with zero attached hydrogens (tertiary/aromatic N) is 5. The maximum Gasteiger partial charge on any atom is 0.310 e. The van der Waals surface area contributed by atoms with E-state index in [0.29, 0.717) is 46.4 Å². The second-order valence-corrected chi connectivity index (χ2v) is 8.95. The molecular formula is C30H28N6O7. The molecule has 5 rings (SSSR count). The van der Waals surface area contributed by atoms with Gasteiger partial charge in [0.05, 0.1) is 64.2 Å². The predicted molar refractivity (Wildman–Crippen MR) is 155 cm³/mol. The summed E-state index contributed by atoms with van der Waals surface area (Å²) in [5.41, 5.74) is 1.83. The van der Waals surface area contributed by atoms with E-state index in [-0.39, 0.29) is 23.7 Å². The standard InChI is InChI=1S/C30H28N6O7/c1-5-42-26-17-36(22-16-31-10-8-18(22)12-28(37)41-4)35-29(26)30(38)34-27-7-6-19(15-33-27)43-23-9-11-32-21-14-25(40-3)24(39-2)13-20(21)23/h6-11,13-17H,5,12H2,1-4H3,(H,33,34,38). The van der Waals surface area contributed by atoms with Gasteiger partial charge in [0.1, 0.15) is 17.3 Å². The van der Waals surface area contributed by atoms with Crippen molar-refractivity contribution in [2.24, 2.45) is 0 Å². The van der Waals surface area contributed by atoms with Gasteiger partial charge in [-0.25, -0.2) is 9.67 Å². The minimum absolute atomic E-state index is 0.00900. The van der Waals surface area contributed by atoms with Crippen molar-refractivity contribution in [3.05, 3.63) is 78.6 Å². The molecule has 13 heteroatoms. The molecule has 1 aromatic carbocycles. The number of carbonyl (C=O) groups is 2. The third kappa shape index (κ3) is 6.30. The smallest absolute Gasteiger partial charge is 0.310 e. The number of hydrogen-bond donors (Lipinski definition) is 1. The van der Waals surface area contributed by atoms with Crippen molar-refractivity contribution in [3.63, 3.8) is 0 Å². The molecule has 4 heterocycles. The topological polar surface area (TPSA) is 149 Å². The second-order valence-electron chi connectivity index (χ2n) is 8.95. The third-order valence-electron chi connectivity index (χ3n) is 6.31. The molecule has 0 radical (unpaired) electrons. The van der Waals surface area contributed by atoms with Crippen molar-refractivity contribution in [1.29, 1.82) is 0 Å². The molecule has 4 aromatic heterocycles. The minimum Gasteiger partial charge on any atom is -0.493 e. The fourth-order valence-electron chi connectivity index (χ4n) is 4.25. The summed E-state index contributed by atoms with van der Waals surface area (Å²) >= 11 is 0. The van der Waals surface area contributed by atoms with Gasteiger partial charge in [-0.05, 0) is 42.8 Å². The van der Waals surface area contributed by atoms with Gasteiger partial charge in [-0.2, -0.15) is 5.10 Å². The summed E-state index contributed by atoms with van der Waals surface area (Å²) in [5.74, 6) is 1.65. The van der Waals surface area contributed by atoms with E-state index < -0.39 is 11.9 Å². The van der Waals surface area contributed by atoms with Crippen LogP contribution in [-0.2, 0) is 16.0 Å². The van der Waals surface area contributed by atoms with Crippen LogP contribution in [0.2, 0.25) is 0 Å². The van der Waals surface area contributed by atoms with E-state index in [1.165, 1.54) is 18.0 Å². The van der Waals surface area contributed by atoms with Crippen molar-refractivity contribution >= 4 is 28.6 Å². The lowest BCUT2D eigenvalue weighted by atomic mass is 10.1. The van der Waals surface area contributed by atoms with Crippen LogP contribution in [0.1, 0.15) is 23.0 Å². The SMILES string of the molecule is CCOc1cn(-c2cnccc2CC(=O)OC)nc1C(=O)Nc1ccc(Oc2ccnc3cc(OC)c(OC)cc23)cn1. The van der Waals surface area contributed by atoms with Crippen LogP contribution in [0.4, 0.5) is 5.82 Å². The van der Waals surface area contributed by atoms with Crippen molar-refractivity contribution in [2.45, 2.75) is 13.3 Å². The first-order valence-electron chi connectivity index (χ1n) is 13.1. The van der Waals surface area contributed by atoms with E-state index in [4.69, 9.17) is 23.7 Å². The Morgan fingerprint density at radius 1 is 0.907 bits per heavy atom. The summed E-state index contributed by atoms with van der Waals surface area (Å²) in [4.78, 5) is 38.0. The number of aromatic nitrogens is 5. The summed E-state index contributed by atoms with van der Waals surface area (Å²) in [7, 11) is 4.43. The Hall–Kier alpha value is -5.72. The fourth-order valence-corrected chi connectivity index (χ4v) is 4.25. The largest absolute Gasteiger partial charge is 0.493 e. The normalized spacial score (nSPS) is 10.7. The van der Waals surface area contributed by atoms with Crippen molar-refractivity contribution < 1.29 is 33.3 Å². The molecule has 0 aliphatic carbocycles. The molecule has 0 saturated heterocycles. The van der Waals surface area contributed by atoms with Crippen molar-refractivity contribution in [1.82, 2.24) is 24.7 Å². The zero-order valence-electron chi connectivity index (χ0n) is 23.9. The molecule has 220 valence electrons. The molecule has 1 amide bonds. The number of anilines is 1. The molecule has 13 nitrogen and oxygen atoms in total. The van der Waals surface area contributed by atoms with Crippen LogP contribution in [0.5, 0.6) is 28.7 Å². The molecular weight excluding hydrogens is 556 g/mol. The zero-order valence-corrected chi connectivity index (χ0v) is 23.9. The number of methoxy groups -OCH3 is 3. The first kappa shape index (κ1) is 28.8. The molecule has 0 aliphatic rings. The van der Waals surface area contributed by atoms with Gasteiger partial charge in [0, 0.05) is 23.8 Å². The van der Waals surface area contributed by atoms with Crippen LogP contribution in [0.3, 0.4) is 0 Å². The molecule has 5 aromatic rings. The van der Waals surface area contributed by atoms with Gasteiger partial charge in [0.25, 0.3) is 5.91 Å². The quantitative estimate of drug-likeness (QED) is 0.220. The van der Waals surface area contributed by atoms with E-state index >= 15 is 0 Å². The third-order valence-corrected chi connectivity index (χ3v) is 6.31. The summed E-state index contributed by atoms with van der Waals surface area (Å²) < 4.78 is 28.8. The van der Waals surface area contributed by atoms with Crippen LogP contribution < -0.4 is 24.3 Å². The van der Waals surface area contributed by atoms with Crippen molar-refractivity contribution in [3.8, 4) is 34.4 Å². The van der Waals surface area contributed by atoms with Crippen LogP contribution in [-0.4, -0.2) is 64.5 Å². The number of carbonyl (C=O) groups excluding carboxylic acids is 2. The zero-order chi connectivity index (χ0) is 30.3. The monoisotopic (exact) mass is 584 g/mol. The molecule has 0 fully saturated rings. The number of amides is 1. The van der Waals surface area contributed by atoms with E-state index in [1.807, 2.05) is 0 Å².